The standard InChI is InChI=1S/C24H30N8O2/c1-14(2)11-16-12-20(31-30-16)28-22-17-5-3-6-18(17)27-24(29-22)32-10-4-7-19(32)23(34)26-15-8-9-21(33)25-13-15/h8-9,12-14,19H,3-7,10-11H2,1-2H3,(H,25,33)(H,26,34)(H2,27,28,29,30,31)/t19-/m0/s1. The van der Waals surface area contributed by atoms with Crippen molar-refractivity contribution in [3.05, 3.63) is 51.7 Å². The van der Waals surface area contributed by atoms with Gasteiger partial charge in [-0.3, -0.25) is 14.7 Å². The second kappa shape index (κ2) is 9.28. The number of carbonyl (C=O) groups excluding carboxylic acids is 1. The summed E-state index contributed by atoms with van der Waals surface area (Å²) < 4.78 is 0. The Kier molecular flexibility index (Phi) is 6.04. The van der Waals surface area contributed by atoms with E-state index in [4.69, 9.17) is 9.97 Å². The summed E-state index contributed by atoms with van der Waals surface area (Å²) >= 11 is 0. The van der Waals surface area contributed by atoms with Crippen molar-refractivity contribution in [3.8, 4) is 0 Å². The lowest BCUT2D eigenvalue weighted by atomic mass is 10.1. The third kappa shape index (κ3) is 4.66. The van der Waals surface area contributed by atoms with E-state index in [9.17, 15) is 9.59 Å². The number of hydrogen-bond donors (Lipinski definition) is 4. The van der Waals surface area contributed by atoms with E-state index in [0.717, 1.165) is 67.1 Å². The third-order valence-electron chi connectivity index (χ3n) is 6.29. The van der Waals surface area contributed by atoms with E-state index in [1.165, 1.54) is 12.3 Å². The Labute approximate surface area is 197 Å². The minimum Gasteiger partial charge on any atom is -0.329 e. The van der Waals surface area contributed by atoms with Crippen LogP contribution in [0.25, 0.3) is 0 Å². The lowest BCUT2D eigenvalue weighted by molar-refractivity contribution is -0.117. The highest BCUT2D eigenvalue weighted by Gasteiger charge is 2.34. The van der Waals surface area contributed by atoms with Crippen LogP contribution in [-0.2, 0) is 24.1 Å². The first kappa shape index (κ1) is 22.1. The van der Waals surface area contributed by atoms with Gasteiger partial charge in [0.15, 0.2) is 5.82 Å². The van der Waals surface area contributed by atoms with Gasteiger partial charge in [-0.1, -0.05) is 13.8 Å². The Morgan fingerprint density at radius 1 is 1.24 bits per heavy atom. The van der Waals surface area contributed by atoms with Gasteiger partial charge in [0.1, 0.15) is 11.9 Å². The second-order valence-corrected chi connectivity index (χ2v) is 9.43. The number of H-pyrrole nitrogens is 2. The van der Waals surface area contributed by atoms with Crippen LogP contribution in [0.2, 0.25) is 0 Å². The smallest absolute Gasteiger partial charge is 0.248 e. The Morgan fingerprint density at radius 3 is 2.91 bits per heavy atom. The number of hydrogen-bond acceptors (Lipinski definition) is 7. The summed E-state index contributed by atoms with van der Waals surface area (Å²) in [5.41, 5.74) is 3.61. The number of aromatic amines is 2. The predicted molar refractivity (Wildman–Crippen MR) is 131 cm³/mol. The van der Waals surface area contributed by atoms with Gasteiger partial charge in [0.05, 0.1) is 11.4 Å². The van der Waals surface area contributed by atoms with Gasteiger partial charge < -0.3 is 20.5 Å². The van der Waals surface area contributed by atoms with E-state index in [-0.39, 0.29) is 17.5 Å². The van der Waals surface area contributed by atoms with E-state index >= 15 is 0 Å². The van der Waals surface area contributed by atoms with Crippen LogP contribution in [0.5, 0.6) is 0 Å². The molecule has 1 aliphatic carbocycles. The number of aryl methyl sites for hydroxylation is 1. The number of anilines is 4. The highest BCUT2D eigenvalue weighted by Crippen LogP contribution is 2.32. The van der Waals surface area contributed by atoms with Gasteiger partial charge in [-0.15, -0.1) is 0 Å². The molecule has 0 aromatic carbocycles. The predicted octanol–water partition coefficient (Wildman–Crippen LogP) is 2.93. The van der Waals surface area contributed by atoms with Crippen LogP contribution in [0.4, 0.5) is 23.3 Å². The van der Waals surface area contributed by atoms with Gasteiger partial charge in [0, 0.05) is 36.1 Å². The van der Waals surface area contributed by atoms with Crippen molar-refractivity contribution < 1.29 is 4.79 Å². The molecule has 4 N–H and O–H groups in total. The minimum atomic E-state index is -0.373. The second-order valence-electron chi connectivity index (χ2n) is 9.43. The average Bonchev–Trinajstić information content (AvgIpc) is 3.55. The van der Waals surface area contributed by atoms with Crippen LogP contribution in [0.1, 0.15) is 50.1 Å². The van der Waals surface area contributed by atoms with E-state index in [0.29, 0.717) is 24.1 Å². The Balaban J connectivity index is 1.38. The van der Waals surface area contributed by atoms with Crippen LogP contribution in [0.3, 0.4) is 0 Å². The fourth-order valence-corrected chi connectivity index (χ4v) is 4.74. The van der Waals surface area contributed by atoms with Gasteiger partial charge in [0.25, 0.3) is 0 Å². The van der Waals surface area contributed by atoms with E-state index in [2.05, 4.69) is 39.7 Å². The third-order valence-corrected chi connectivity index (χ3v) is 6.29. The molecule has 0 unspecified atom stereocenters. The lowest BCUT2D eigenvalue weighted by Crippen LogP contribution is -2.40. The molecule has 4 heterocycles. The Morgan fingerprint density at radius 2 is 2.12 bits per heavy atom. The van der Waals surface area contributed by atoms with Crippen molar-refractivity contribution in [1.29, 1.82) is 0 Å². The van der Waals surface area contributed by atoms with Crippen LogP contribution in [0, 0.1) is 5.92 Å². The summed E-state index contributed by atoms with van der Waals surface area (Å²) in [6, 6.07) is 4.65. The number of nitrogens with one attached hydrogen (secondary N) is 4. The summed E-state index contributed by atoms with van der Waals surface area (Å²) in [4.78, 5) is 38.6. The lowest BCUT2D eigenvalue weighted by Gasteiger charge is -2.25. The molecule has 2 aliphatic rings. The first-order valence-electron chi connectivity index (χ1n) is 11.9. The molecule has 0 bridgehead atoms. The number of aromatic nitrogens is 5. The molecule has 5 rings (SSSR count). The molecule has 3 aromatic rings. The zero-order valence-electron chi connectivity index (χ0n) is 19.5. The molecule has 0 radical (unpaired) electrons. The fraction of sp³-hybridized carbons (Fsp3) is 0.458. The van der Waals surface area contributed by atoms with Crippen LogP contribution < -0.4 is 21.1 Å². The first-order valence-corrected chi connectivity index (χ1v) is 11.9. The summed E-state index contributed by atoms with van der Waals surface area (Å²) in [6.07, 6.45) is 6.91. The molecule has 3 aromatic heterocycles. The zero-order chi connectivity index (χ0) is 23.7. The van der Waals surface area contributed by atoms with Crippen molar-refractivity contribution in [2.45, 2.75) is 58.4 Å². The normalized spacial score (nSPS) is 17.3. The molecule has 1 saturated heterocycles. The number of carbonyl (C=O) groups is 1. The molecule has 1 atom stereocenters. The summed E-state index contributed by atoms with van der Waals surface area (Å²) in [5, 5.41) is 13.8. The summed E-state index contributed by atoms with van der Waals surface area (Å²) in [6.45, 7) is 5.07. The van der Waals surface area contributed by atoms with Gasteiger partial charge in [-0.2, -0.15) is 10.1 Å². The fourth-order valence-electron chi connectivity index (χ4n) is 4.74. The average molecular weight is 463 g/mol. The molecule has 10 nitrogen and oxygen atoms in total. The molecule has 1 fully saturated rings. The van der Waals surface area contributed by atoms with Crippen LogP contribution in [-0.4, -0.2) is 43.6 Å². The van der Waals surface area contributed by atoms with E-state index in [1.54, 1.807) is 6.07 Å². The maximum Gasteiger partial charge on any atom is 0.248 e. The maximum absolute atomic E-state index is 13.1. The molecule has 0 saturated carbocycles. The van der Waals surface area contributed by atoms with Crippen LogP contribution in [0.15, 0.2) is 29.2 Å². The van der Waals surface area contributed by atoms with Gasteiger partial charge in [0.2, 0.25) is 17.4 Å². The topological polar surface area (TPSA) is 132 Å². The SMILES string of the molecule is CC(C)Cc1cc(Nc2nc(N3CCC[C@H]3C(=O)Nc3ccc(=O)[nH]c3)nc3c2CCC3)n[nH]1. The molecule has 178 valence electrons. The minimum absolute atomic E-state index is 0.131. The molecule has 34 heavy (non-hydrogen) atoms. The molecule has 10 heteroatoms. The first-order chi connectivity index (χ1) is 16.5. The van der Waals surface area contributed by atoms with Crippen molar-refractivity contribution in [1.82, 2.24) is 25.1 Å². The Hall–Kier alpha value is -3.69. The zero-order valence-corrected chi connectivity index (χ0v) is 19.5. The monoisotopic (exact) mass is 462 g/mol. The molecular weight excluding hydrogens is 432 g/mol. The van der Waals surface area contributed by atoms with Crippen LogP contribution >= 0.6 is 0 Å². The van der Waals surface area contributed by atoms with Gasteiger partial charge >= 0.3 is 0 Å². The molecule has 1 aliphatic heterocycles. The van der Waals surface area contributed by atoms with Crippen molar-refractivity contribution >= 4 is 29.2 Å². The summed E-state index contributed by atoms with van der Waals surface area (Å²) in [5.74, 6) is 2.49. The number of nitrogens with zero attached hydrogens (tertiary/aromatic N) is 4. The molecule has 1 amide bonds. The van der Waals surface area contributed by atoms with Gasteiger partial charge in [-0.05, 0) is 50.5 Å². The maximum atomic E-state index is 13.1. The van der Waals surface area contributed by atoms with Crippen molar-refractivity contribution in [2.24, 2.45) is 5.92 Å². The molecule has 0 spiro atoms. The van der Waals surface area contributed by atoms with Crippen molar-refractivity contribution in [3.63, 3.8) is 0 Å². The van der Waals surface area contributed by atoms with E-state index < -0.39 is 0 Å². The summed E-state index contributed by atoms with van der Waals surface area (Å²) in [7, 11) is 0. The highest BCUT2D eigenvalue weighted by atomic mass is 16.2. The Bertz CT molecular complexity index is 1230. The quantitative estimate of drug-likeness (QED) is 0.424. The largest absolute Gasteiger partial charge is 0.329 e. The highest BCUT2D eigenvalue weighted by molar-refractivity contribution is 5.96. The number of pyridine rings is 1. The van der Waals surface area contributed by atoms with Crippen molar-refractivity contribution in [2.75, 3.05) is 22.1 Å². The van der Waals surface area contributed by atoms with Gasteiger partial charge in [-0.25, -0.2) is 4.98 Å². The van der Waals surface area contributed by atoms with E-state index in [1.807, 2.05) is 11.0 Å². The number of fused-ring (bicyclic) bond motifs is 1. The molecular formula is C24H30N8O2. The number of rotatable bonds is 7. The number of amides is 1.